The van der Waals surface area contributed by atoms with E-state index < -0.39 is 12.0 Å². The van der Waals surface area contributed by atoms with E-state index in [4.69, 9.17) is 4.74 Å². The Bertz CT molecular complexity index is 334. The molecular weight excluding hydrogens is 270 g/mol. The molecule has 0 heterocycles. The summed E-state index contributed by atoms with van der Waals surface area (Å²) >= 11 is 0. The van der Waals surface area contributed by atoms with Crippen LogP contribution in [0.5, 0.6) is 0 Å². The van der Waals surface area contributed by atoms with Crippen LogP contribution in [0.25, 0.3) is 0 Å². The van der Waals surface area contributed by atoms with Crippen LogP contribution >= 0.6 is 0 Å². The van der Waals surface area contributed by atoms with E-state index in [0.29, 0.717) is 18.9 Å². The molecule has 0 bridgehead atoms. The molecule has 0 aromatic rings. The molecule has 0 saturated heterocycles. The van der Waals surface area contributed by atoms with Crippen molar-refractivity contribution in [2.75, 3.05) is 6.61 Å². The minimum absolute atomic E-state index is 0.196. The van der Waals surface area contributed by atoms with Gasteiger partial charge in [-0.1, -0.05) is 27.2 Å². The first-order valence-electron chi connectivity index (χ1n) is 7.73. The average Bonchev–Trinajstić information content (AvgIpc) is 2.32. The summed E-state index contributed by atoms with van der Waals surface area (Å²) in [5.74, 6) is -0.518. The smallest absolute Gasteiger partial charge is 0.326 e. The van der Waals surface area contributed by atoms with Crippen LogP contribution in [0.4, 0.5) is 0 Å². The van der Waals surface area contributed by atoms with Gasteiger partial charge in [-0.25, -0.2) is 4.79 Å². The van der Waals surface area contributed by atoms with Gasteiger partial charge < -0.3 is 15.2 Å². The summed E-state index contributed by atoms with van der Waals surface area (Å²) in [4.78, 5) is 23.2. The Hall–Kier alpha value is -1.10. The third-order valence-electron chi connectivity index (χ3n) is 3.49. The molecule has 0 saturated carbocycles. The lowest BCUT2D eigenvalue weighted by Gasteiger charge is -2.23. The molecule has 0 aliphatic rings. The number of carbonyl (C=O) groups is 2. The van der Waals surface area contributed by atoms with Gasteiger partial charge in [0.05, 0.1) is 5.60 Å². The van der Waals surface area contributed by atoms with Gasteiger partial charge in [0.1, 0.15) is 6.04 Å². The second-order valence-electron chi connectivity index (χ2n) is 6.82. The Morgan fingerprint density at radius 1 is 1.24 bits per heavy atom. The van der Waals surface area contributed by atoms with Crippen LogP contribution in [0.2, 0.25) is 0 Å². The van der Waals surface area contributed by atoms with Gasteiger partial charge in [0, 0.05) is 19.4 Å². The first kappa shape index (κ1) is 19.9. The lowest BCUT2D eigenvalue weighted by Crippen LogP contribution is -2.42. The normalized spacial score (nSPS) is 14.8. The second kappa shape index (κ2) is 9.03. The van der Waals surface area contributed by atoms with E-state index in [9.17, 15) is 14.7 Å². The van der Waals surface area contributed by atoms with Crippen molar-refractivity contribution in [3.63, 3.8) is 0 Å². The van der Waals surface area contributed by atoms with E-state index in [1.165, 1.54) is 0 Å². The lowest BCUT2D eigenvalue weighted by molar-refractivity contribution is -0.143. The maximum Gasteiger partial charge on any atom is 0.326 e. The number of nitrogens with one attached hydrogen (secondary N) is 1. The molecule has 2 atom stereocenters. The number of hydrogen-bond acceptors (Lipinski definition) is 3. The summed E-state index contributed by atoms with van der Waals surface area (Å²) in [6.07, 6.45) is 1.56. The number of carboxylic acid groups (broad SMARTS) is 1. The van der Waals surface area contributed by atoms with E-state index in [2.05, 4.69) is 19.2 Å². The number of amides is 1. The van der Waals surface area contributed by atoms with Crippen LogP contribution in [0.1, 0.15) is 60.8 Å². The zero-order valence-electron chi connectivity index (χ0n) is 14.2. The Morgan fingerprint density at radius 2 is 1.81 bits per heavy atom. The summed E-state index contributed by atoms with van der Waals surface area (Å²) in [6.45, 7) is 12.2. The minimum atomic E-state index is -1.02. The van der Waals surface area contributed by atoms with Crippen LogP contribution < -0.4 is 5.32 Å². The highest BCUT2D eigenvalue weighted by molar-refractivity contribution is 5.83. The predicted molar refractivity (Wildman–Crippen MR) is 83.1 cm³/mol. The van der Waals surface area contributed by atoms with E-state index in [0.717, 1.165) is 6.42 Å². The average molecular weight is 301 g/mol. The zero-order valence-corrected chi connectivity index (χ0v) is 14.2. The van der Waals surface area contributed by atoms with Gasteiger partial charge in [0.15, 0.2) is 0 Å². The number of hydrogen-bond donors (Lipinski definition) is 2. The predicted octanol–water partition coefficient (Wildman–Crippen LogP) is 2.83. The van der Waals surface area contributed by atoms with Crippen molar-refractivity contribution in [2.45, 2.75) is 72.4 Å². The first-order chi connectivity index (χ1) is 9.56. The molecule has 21 heavy (non-hydrogen) atoms. The largest absolute Gasteiger partial charge is 0.480 e. The minimum Gasteiger partial charge on any atom is -0.480 e. The third-order valence-corrected chi connectivity index (χ3v) is 3.49. The summed E-state index contributed by atoms with van der Waals surface area (Å²) < 4.78 is 5.52. The molecule has 124 valence electrons. The first-order valence-corrected chi connectivity index (χ1v) is 7.73. The van der Waals surface area contributed by atoms with Crippen molar-refractivity contribution in [1.29, 1.82) is 0 Å². The van der Waals surface area contributed by atoms with Crippen LogP contribution in [0.15, 0.2) is 0 Å². The molecule has 2 unspecified atom stereocenters. The number of rotatable bonds is 9. The highest BCUT2D eigenvalue weighted by atomic mass is 16.5. The standard InChI is InChI=1S/C16H31NO4/c1-7-12(11(2)3)10-14(18)17-13(15(19)20)8-9-21-16(4,5)6/h11-13H,7-10H2,1-6H3,(H,17,18)(H,19,20). The summed E-state index contributed by atoms with van der Waals surface area (Å²) in [5.41, 5.74) is -0.308. The fourth-order valence-electron chi connectivity index (χ4n) is 2.08. The summed E-state index contributed by atoms with van der Waals surface area (Å²) in [6, 6.07) is -0.885. The molecule has 1 amide bonds. The fourth-order valence-corrected chi connectivity index (χ4v) is 2.08. The Morgan fingerprint density at radius 3 is 2.19 bits per heavy atom. The molecule has 2 N–H and O–H groups in total. The van der Waals surface area contributed by atoms with Gasteiger partial charge in [-0.3, -0.25) is 4.79 Å². The van der Waals surface area contributed by atoms with Gasteiger partial charge in [-0.15, -0.1) is 0 Å². The Labute approximate surface area is 128 Å². The highest BCUT2D eigenvalue weighted by Gasteiger charge is 2.23. The van der Waals surface area contributed by atoms with Crippen LogP contribution in [0.3, 0.4) is 0 Å². The summed E-state index contributed by atoms with van der Waals surface area (Å²) in [7, 11) is 0. The number of ether oxygens (including phenoxy) is 1. The Kier molecular flexibility index (Phi) is 8.55. The maximum atomic E-state index is 12.0. The van der Waals surface area contributed by atoms with E-state index in [1.807, 2.05) is 27.7 Å². The number of aliphatic carboxylic acids is 1. The highest BCUT2D eigenvalue weighted by Crippen LogP contribution is 2.18. The van der Waals surface area contributed by atoms with E-state index in [1.54, 1.807) is 0 Å². The van der Waals surface area contributed by atoms with Crippen LogP contribution in [-0.2, 0) is 14.3 Å². The third kappa shape index (κ3) is 9.45. The van der Waals surface area contributed by atoms with Crippen molar-refractivity contribution in [3.8, 4) is 0 Å². The van der Waals surface area contributed by atoms with Crippen molar-refractivity contribution < 1.29 is 19.4 Å². The van der Waals surface area contributed by atoms with Crippen LogP contribution in [-0.4, -0.2) is 35.2 Å². The van der Waals surface area contributed by atoms with Crippen molar-refractivity contribution in [3.05, 3.63) is 0 Å². The lowest BCUT2D eigenvalue weighted by atomic mass is 9.90. The van der Waals surface area contributed by atoms with E-state index in [-0.39, 0.29) is 23.8 Å². The number of carboxylic acids is 1. The molecule has 0 rings (SSSR count). The van der Waals surface area contributed by atoms with Gasteiger partial charge in [-0.05, 0) is 32.6 Å². The molecule has 0 aliphatic heterocycles. The maximum absolute atomic E-state index is 12.0. The van der Waals surface area contributed by atoms with Gasteiger partial charge >= 0.3 is 5.97 Å². The molecule has 0 aromatic carbocycles. The molecule has 0 fully saturated rings. The van der Waals surface area contributed by atoms with Crippen molar-refractivity contribution in [2.24, 2.45) is 11.8 Å². The zero-order chi connectivity index (χ0) is 16.6. The fraction of sp³-hybridized carbons (Fsp3) is 0.875. The van der Waals surface area contributed by atoms with Crippen LogP contribution in [0, 0.1) is 11.8 Å². The number of carbonyl (C=O) groups excluding carboxylic acids is 1. The van der Waals surface area contributed by atoms with E-state index >= 15 is 0 Å². The quantitative estimate of drug-likeness (QED) is 0.686. The van der Waals surface area contributed by atoms with Gasteiger partial charge in [0.25, 0.3) is 0 Å². The molecule has 5 heteroatoms. The monoisotopic (exact) mass is 301 g/mol. The second-order valence-corrected chi connectivity index (χ2v) is 6.82. The van der Waals surface area contributed by atoms with Crippen molar-refractivity contribution in [1.82, 2.24) is 5.32 Å². The topological polar surface area (TPSA) is 75.6 Å². The van der Waals surface area contributed by atoms with Gasteiger partial charge in [-0.2, -0.15) is 0 Å². The van der Waals surface area contributed by atoms with Gasteiger partial charge in [0.2, 0.25) is 5.91 Å². The summed E-state index contributed by atoms with van der Waals surface area (Å²) in [5, 5.41) is 11.8. The molecule has 0 aliphatic carbocycles. The van der Waals surface area contributed by atoms with Crippen molar-refractivity contribution >= 4 is 11.9 Å². The molecule has 5 nitrogen and oxygen atoms in total. The Balaban J connectivity index is 4.37. The molecule has 0 aromatic heterocycles. The SMILES string of the molecule is CCC(CC(=O)NC(CCOC(C)(C)C)C(=O)O)C(C)C. The molecule has 0 radical (unpaired) electrons. The molecular formula is C16H31NO4. The molecule has 0 spiro atoms.